The summed E-state index contributed by atoms with van der Waals surface area (Å²) < 4.78 is 5.55. The van der Waals surface area contributed by atoms with Crippen molar-refractivity contribution >= 4 is 45.4 Å². The van der Waals surface area contributed by atoms with Crippen molar-refractivity contribution in [3.8, 4) is 5.75 Å². The number of carbonyl (C=O) groups is 1. The summed E-state index contributed by atoms with van der Waals surface area (Å²) in [5, 5.41) is 7.41. The van der Waals surface area contributed by atoms with E-state index >= 15 is 0 Å². The van der Waals surface area contributed by atoms with E-state index in [0.717, 1.165) is 27.2 Å². The third kappa shape index (κ3) is 4.52. The summed E-state index contributed by atoms with van der Waals surface area (Å²) in [7, 11) is 0. The zero-order chi connectivity index (χ0) is 20.2. The lowest BCUT2D eigenvalue weighted by molar-refractivity contribution is -0.123. The highest BCUT2D eigenvalue weighted by Gasteiger charge is 2.05. The van der Waals surface area contributed by atoms with E-state index in [4.69, 9.17) is 16.3 Å². The minimum atomic E-state index is -0.366. The van der Waals surface area contributed by atoms with Crippen molar-refractivity contribution in [2.75, 3.05) is 6.61 Å². The first-order chi connectivity index (χ1) is 14.1. The number of hydrogen-bond acceptors (Lipinski definition) is 4. The minimum Gasteiger partial charge on any atom is -0.484 e. The lowest BCUT2D eigenvalue weighted by Crippen LogP contribution is -2.24. The van der Waals surface area contributed by atoms with Crippen LogP contribution < -0.4 is 10.2 Å². The van der Waals surface area contributed by atoms with Gasteiger partial charge in [-0.3, -0.25) is 4.79 Å². The second kappa shape index (κ2) is 8.29. The molecular formula is C23H18ClN3O2. The molecular weight excluding hydrogens is 386 g/mol. The van der Waals surface area contributed by atoms with E-state index in [2.05, 4.69) is 15.5 Å². The lowest BCUT2D eigenvalue weighted by Gasteiger charge is -2.06. The van der Waals surface area contributed by atoms with Gasteiger partial charge in [0.15, 0.2) is 6.61 Å². The van der Waals surface area contributed by atoms with Crippen LogP contribution in [0.25, 0.3) is 21.7 Å². The van der Waals surface area contributed by atoms with Crippen molar-refractivity contribution in [1.82, 2.24) is 10.4 Å². The number of nitrogens with one attached hydrogen (secondary N) is 1. The number of hydrogen-bond donors (Lipinski definition) is 1. The first-order valence-corrected chi connectivity index (χ1v) is 9.47. The summed E-state index contributed by atoms with van der Waals surface area (Å²) in [5.74, 6) is 0.259. The number of nitrogens with zero attached hydrogens (tertiary/aromatic N) is 2. The smallest absolute Gasteiger partial charge is 0.277 e. The van der Waals surface area contributed by atoms with Crippen LogP contribution in [0.5, 0.6) is 5.75 Å². The third-order valence-electron chi connectivity index (χ3n) is 4.44. The van der Waals surface area contributed by atoms with Crippen molar-refractivity contribution in [2.24, 2.45) is 5.10 Å². The Morgan fingerprint density at radius 1 is 1.07 bits per heavy atom. The first kappa shape index (κ1) is 18.9. The molecule has 0 radical (unpaired) electrons. The van der Waals surface area contributed by atoms with Gasteiger partial charge in [-0.05, 0) is 47.5 Å². The van der Waals surface area contributed by atoms with E-state index < -0.39 is 0 Å². The Morgan fingerprint density at radius 2 is 1.86 bits per heavy atom. The van der Waals surface area contributed by atoms with Crippen molar-refractivity contribution < 1.29 is 9.53 Å². The molecule has 0 aliphatic rings. The molecule has 6 heteroatoms. The Morgan fingerprint density at radius 3 is 2.72 bits per heavy atom. The molecule has 144 valence electrons. The van der Waals surface area contributed by atoms with E-state index in [1.807, 2.05) is 73.7 Å². The molecule has 1 aromatic heterocycles. The second-order valence-electron chi connectivity index (χ2n) is 6.66. The van der Waals surface area contributed by atoms with E-state index in [9.17, 15) is 4.79 Å². The normalized spacial score (nSPS) is 11.2. The van der Waals surface area contributed by atoms with Crippen molar-refractivity contribution in [3.05, 3.63) is 83.0 Å². The molecule has 1 N–H and O–H groups in total. The number of benzene rings is 3. The van der Waals surface area contributed by atoms with Crippen molar-refractivity contribution in [2.45, 2.75) is 6.92 Å². The number of fused-ring (bicyclic) bond motifs is 2. The molecule has 0 bridgehead atoms. The van der Waals surface area contributed by atoms with E-state index in [0.29, 0.717) is 16.5 Å². The molecule has 4 aromatic rings. The molecule has 0 spiro atoms. The fourth-order valence-electron chi connectivity index (χ4n) is 2.97. The fraction of sp³-hybridized carbons (Fsp3) is 0.0870. The van der Waals surface area contributed by atoms with Crippen LogP contribution in [-0.2, 0) is 4.79 Å². The van der Waals surface area contributed by atoms with Crippen molar-refractivity contribution in [3.63, 3.8) is 0 Å². The maximum atomic E-state index is 12.0. The molecule has 5 nitrogen and oxygen atoms in total. The van der Waals surface area contributed by atoms with Gasteiger partial charge < -0.3 is 4.74 Å². The van der Waals surface area contributed by atoms with Gasteiger partial charge in [0.2, 0.25) is 0 Å². The maximum absolute atomic E-state index is 12.0. The van der Waals surface area contributed by atoms with Gasteiger partial charge >= 0.3 is 0 Å². The average Bonchev–Trinajstić information content (AvgIpc) is 2.72. The Labute approximate surface area is 173 Å². The number of pyridine rings is 1. The van der Waals surface area contributed by atoms with Gasteiger partial charge in [-0.25, -0.2) is 10.4 Å². The molecule has 0 atom stereocenters. The SMILES string of the molecule is Cc1ccc2cc(/C=N/NC(=O)COc3ccc4ccccc4c3)c(Cl)nc2c1. The predicted molar refractivity (Wildman–Crippen MR) is 117 cm³/mol. The highest BCUT2D eigenvalue weighted by molar-refractivity contribution is 6.32. The topological polar surface area (TPSA) is 63.6 Å². The van der Waals surface area contributed by atoms with Crippen LogP contribution in [0, 0.1) is 6.92 Å². The molecule has 1 heterocycles. The van der Waals surface area contributed by atoms with Gasteiger partial charge in [-0.2, -0.15) is 5.10 Å². The molecule has 0 saturated carbocycles. The van der Waals surface area contributed by atoms with E-state index in [1.165, 1.54) is 6.21 Å². The Bertz CT molecular complexity index is 1240. The van der Waals surface area contributed by atoms with Crippen LogP contribution in [0.1, 0.15) is 11.1 Å². The second-order valence-corrected chi connectivity index (χ2v) is 7.01. The van der Waals surface area contributed by atoms with Crippen LogP contribution in [0.2, 0.25) is 5.15 Å². The Hall–Kier alpha value is -3.44. The number of rotatable bonds is 5. The molecule has 1 amide bonds. The predicted octanol–water partition coefficient (Wildman–Crippen LogP) is 4.88. The van der Waals surface area contributed by atoms with Gasteiger partial charge in [-0.1, -0.05) is 54.1 Å². The number of aryl methyl sites for hydroxylation is 1. The molecule has 0 aliphatic heterocycles. The summed E-state index contributed by atoms with van der Waals surface area (Å²) >= 11 is 6.22. The maximum Gasteiger partial charge on any atom is 0.277 e. The van der Waals surface area contributed by atoms with E-state index in [-0.39, 0.29) is 12.5 Å². The molecule has 29 heavy (non-hydrogen) atoms. The van der Waals surface area contributed by atoms with Crippen LogP contribution in [-0.4, -0.2) is 23.7 Å². The van der Waals surface area contributed by atoms with Crippen molar-refractivity contribution in [1.29, 1.82) is 0 Å². The molecule has 3 aromatic carbocycles. The van der Waals surface area contributed by atoms with Crippen LogP contribution in [0.15, 0.2) is 71.8 Å². The van der Waals surface area contributed by atoms with E-state index in [1.54, 1.807) is 0 Å². The van der Waals surface area contributed by atoms with Gasteiger partial charge in [0.25, 0.3) is 5.91 Å². The molecule has 0 fully saturated rings. The van der Waals surface area contributed by atoms with Crippen LogP contribution in [0.3, 0.4) is 0 Å². The molecule has 0 saturated heterocycles. The van der Waals surface area contributed by atoms with Crippen LogP contribution >= 0.6 is 11.6 Å². The third-order valence-corrected chi connectivity index (χ3v) is 4.74. The summed E-state index contributed by atoms with van der Waals surface area (Å²) in [6.07, 6.45) is 1.47. The van der Waals surface area contributed by atoms with Gasteiger partial charge in [0.05, 0.1) is 11.7 Å². The highest BCUT2D eigenvalue weighted by Crippen LogP contribution is 2.21. The number of hydrazone groups is 1. The Kier molecular flexibility index (Phi) is 5.40. The fourth-order valence-corrected chi connectivity index (χ4v) is 3.17. The largest absolute Gasteiger partial charge is 0.484 e. The summed E-state index contributed by atoms with van der Waals surface area (Å²) in [5.41, 5.74) is 5.00. The molecule has 0 unspecified atom stereocenters. The summed E-state index contributed by atoms with van der Waals surface area (Å²) in [6.45, 7) is 1.86. The highest BCUT2D eigenvalue weighted by atomic mass is 35.5. The minimum absolute atomic E-state index is 0.140. The zero-order valence-corrected chi connectivity index (χ0v) is 16.5. The Balaban J connectivity index is 1.37. The monoisotopic (exact) mass is 403 g/mol. The van der Waals surface area contributed by atoms with Gasteiger partial charge in [0.1, 0.15) is 10.9 Å². The van der Waals surface area contributed by atoms with Gasteiger partial charge in [-0.15, -0.1) is 0 Å². The number of ether oxygens (including phenoxy) is 1. The number of amides is 1. The number of aromatic nitrogens is 1. The van der Waals surface area contributed by atoms with Crippen LogP contribution in [0.4, 0.5) is 0 Å². The lowest BCUT2D eigenvalue weighted by atomic mass is 10.1. The first-order valence-electron chi connectivity index (χ1n) is 9.09. The summed E-state index contributed by atoms with van der Waals surface area (Å²) in [6, 6.07) is 21.5. The van der Waals surface area contributed by atoms with Gasteiger partial charge in [0, 0.05) is 10.9 Å². The summed E-state index contributed by atoms with van der Waals surface area (Å²) in [4.78, 5) is 16.4. The number of halogens is 1. The molecule has 4 rings (SSSR count). The standard InChI is InChI=1S/C23H18ClN3O2/c1-15-6-7-18-11-19(23(24)26-21(18)10-15)13-25-27-22(28)14-29-20-9-8-16-4-2-3-5-17(16)12-20/h2-13H,14H2,1H3,(H,27,28)/b25-13+. The quantitative estimate of drug-likeness (QED) is 0.293. The average molecular weight is 404 g/mol. The molecule has 0 aliphatic carbocycles. The number of carbonyl (C=O) groups excluding carboxylic acids is 1. The zero-order valence-electron chi connectivity index (χ0n) is 15.7.